The van der Waals surface area contributed by atoms with Gasteiger partial charge in [0, 0.05) is 16.6 Å². The number of rotatable bonds is 5. The smallest absolute Gasteiger partial charge is 0.307 e. The van der Waals surface area contributed by atoms with Crippen molar-refractivity contribution in [3.63, 3.8) is 0 Å². The Balaban J connectivity index is 1.79. The molecule has 30 heavy (non-hydrogen) atoms. The Kier molecular flexibility index (Phi) is 5.11. The molecule has 1 heterocycles. The highest BCUT2D eigenvalue weighted by atomic mass is 16.5. The van der Waals surface area contributed by atoms with Crippen LogP contribution in [0.2, 0.25) is 0 Å². The molecule has 4 rings (SSSR count). The summed E-state index contributed by atoms with van der Waals surface area (Å²) in [6.07, 6.45) is -0.164. The van der Waals surface area contributed by atoms with Gasteiger partial charge in [-0.15, -0.1) is 0 Å². The van der Waals surface area contributed by atoms with Crippen LogP contribution in [0.25, 0.3) is 22.0 Å². The second-order valence-electron chi connectivity index (χ2n) is 7.10. The first-order chi connectivity index (χ1) is 14.5. The molecule has 0 spiro atoms. The van der Waals surface area contributed by atoms with Gasteiger partial charge in [-0.2, -0.15) is 0 Å². The van der Waals surface area contributed by atoms with Crippen molar-refractivity contribution in [2.24, 2.45) is 0 Å². The number of carboxylic acid groups (broad SMARTS) is 1. The van der Waals surface area contributed by atoms with Crippen molar-refractivity contribution < 1.29 is 19.4 Å². The maximum atomic E-state index is 13.4. The van der Waals surface area contributed by atoms with Crippen LogP contribution in [0, 0.1) is 6.92 Å². The molecule has 0 radical (unpaired) electrons. The SMILES string of the molecule is COc1ccc2c(c1)c(CC(=O)O)c(C)n2C(=O)c1ccc(-c2ccccc2)cc1. The summed E-state index contributed by atoms with van der Waals surface area (Å²) in [5, 5.41) is 10.1. The normalized spacial score (nSPS) is 10.9. The van der Waals surface area contributed by atoms with Crippen LogP contribution in [0.5, 0.6) is 5.75 Å². The molecule has 0 unspecified atom stereocenters. The fourth-order valence-electron chi connectivity index (χ4n) is 3.79. The van der Waals surface area contributed by atoms with E-state index in [0.29, 0.717) is 33.5 Å². The van der Waals surface area contributed by atoms with Gasteiger partial charge in [0.05, 0.1) is 19.0 Å². The molecule has 0 atom stereocenters. The van der Waals surface area contributed by atoms with Crippen LogP contribution in [-0.2, 0) is 11.2 Å². The van der Waals surface area contributed by atoms with Crippen LogP contribution in [-0.4, -0.2) is 28.7 Å². The maximum Gasteiger partial charge on any atom is 0.307 e. The van der Waals surface area contributed by atoms with E-state index in [0.717, 1.165) is 11.1 Å². The number of aromatic nitrogens is 1. The van der Waals surface area contributed by atoms with Crippen molar-refractivity contribution in [1.29, 1.82) is 0 Å². The summed E-state index contributed by atoms with van der Waals surface area (Å²) in [4.78, 5) is 24.8. The Labute approximate surface area is 174 Å². The second kappa shape index (κ2) is 7.87. The average Bonchev–Trinajstić information content (AvgIpc) is 3.04. The van der Waals surface area contributed by atoms with Crippen molar-refractivity contribution in [3.8, 4) is 16.9 Å². The number of methoxy groups -OCH3 is 1. The van der Waals surface area contributed by atoms with E-state index in [1.807, 2.05) is 42.5 Å². The second-order valence-corrected chi connectivity index (χ2v) is 7.10. The number of fused-ring (bicyclic) bond motifs is 1. The molecule has 3 aromatic carbocycles. The molecular formula is C25H21NO4. The van der Waals surface area contributed by atoms with Gasteiger partial charge >= 0.3 is 5.97 Å². The summed E-state index contributed by atoms with van der Waals surface area (Å²) in [5.74, 6) is -0.524. The number of carboxylic acids is 1. The number of hydrogen-bond donors (Lipinski definition) is 1. The molecule has 4 aromatic rings. The summed E-state index contributed by atoms with van der Waals surface area (Å²) in [6.45, 7) is 1.78. The molecule has 0 bridgehead atoms. The quantitative estimate of drug-likeness (QED) is 0.516. The van der Waals surface area contributed by atoms with Gasteiger partial charge in [0.15, 0.2) is 0 Å². The molecule has 1 N–H and O–H groups in total. The first-order valence-electron chi connectivity index (χ1n) is 9.59. The van der Waals surface area contributed by atoms with Crippen molar-refractivity contribution in [1.82, 2.24) is 4.57 Å². The van der Waals surface area contributed by atoms with E-state index >= 15 is 0 Å². The van der Waals surface area contributed by atoms with Crippen molar-refractivity contribution in [3.05, 3.63) is 89.6 Å². The summed E-state index contributed by atoms with van der Waals surface area (Å²) in [5.41, 5.74) is 4.55. The molecule has 0 saturated heterocycles. The third kappa shape index (κ3) is 3.46. The largest absolute Gasteiger partial charge is 0.497 e. The maximum absolute atomic E-state index is 13.4. The van der Waals surface area contributed by atoms with Crippen LogP contribution < -0.4 is 4.74 Å². The number of nitrogens with zero attached hydrogens (tertiary/aromatic N) is 1. The highest BCUT2D eigenvalue weighted by molar-refractivity contribution is 6.05. The van der Waals surface area contributed by atoms with Gasteiger partial charge < -0.3 is 9.84 Å². The van der Waals surface area contributed by atoms with Crippen molar-refractivity contribution in [2.45, 2.75) is 13.3 Å². The van der Waals surface area contributed by atoms with E-state index in [-0.39, 0.29) is 12.3 Å². The van der Waals surface area contributed by atoms with Gasteiger partial charge in [0.2, 0.25) is 0 Å². The minimum Gasteiger partial charge on any atom is -0.497 e. The van der Waals surface area contributed by atoms with Crippen LogP contribution in [0.3, 0.4) is 0 Å². The van der Waals surface area contributed by atoms with Gasteiger partial charge in [-0.3, -0.25) is 14.2 Å². The Morgan fingerprint density at radius 2 is 1.60 bits per heavy atom. The van der Waals surface area contributed by atoms with Crippen LogP contribution in [0.4, 0.5) is 0 Å². The lowest BCUT2D eigenvalue weighted by Crippen LogP contribution is -2.14. The molecule has 1 aromatic heterocycles. The fraction of sp³-hybridized carbons (Fsp3) is 0.120. The standard InChI is InChI=1S/C25H21NO4/c1-16-21(15-24(27)28)22-14-20(30-2)12-13-23(22)26(16)25(29)19-10-8-18(9-11-19)17-6-4-3-5-7-17/h3-14H,15H2,1-2H3,(H,27,28). The van der Waals surface area contributed by atoms with Crippen LogP contribution in [0.15, 0.2) is 72.8 Å². The minimum absolute atomic E-state index is 0.164. The number of benzene rings is 3. The number of hydrogen-bond acceptors (Lipinski definition) is 3. The zero-order valence-electron chi connectivity index (χ0n) is 16.8. The van der Waals surface area contributed by atoms with Gasteiger partial charge in [-0.1, -0.05) is 42.5 Å². The lowest BCUT2D eigenvalue weighted by molar-refractivity contribution is -0.136. The first kappa shape index (κ1) is 19.5. The molecule has 5 nitrogen and oxygen atoms in total. The van der Waals surface area contributed by atoms with Gasteiger partial charge in [0.25, 0.3) is 5.91 Å². The molecule has 0 aliphatic rings. The van der Waals surface area contributed by atoms with Crippen LogP contribution in [0.1, 0.15) is 21.6 Å². The molecule has 150 valence electrons. The van der Waals surface area contributed by atoms with Gasteiger partial charge in [-0.05, 0) is 53.9 Å². The van der Waals surface area contributed by atoms with Crippen LogP contribution >= 0.6 is 0 Å². The Morgan fingerprint density at radius 1 is 0.933 bits per heavy atom. The zero-order valence-corrected chi connectivity index (χ0v) is 16.8. The Morgan fingerprint density at radius 3 is 2.23 bits per heavy atom. The molecule has 5 heteroatoms. The number of carbonyl (C=O) groups excluding carboxylic acids is 1. The highest BCUT2D eigenvalue weighted by Gasteiger charge is 2.21. The molecule has 0 aliphatic carbocycles. The van der Waals surface area contributed by atoms with Crippen molar-refractivity contribution >= 4 is 22.8 Å². The highest BCUT2D eigenvalue weighted by Crippen LogP contribution is 2.31. The molecular weight excluding hydrogens is 378 g/mol. The number of ether oxygens (including phenoxy) is 1. The number of aliphatic carboxylic acids is 1. The monoisotopic (exact) mass is 399 g/mol. The third-order valence-corrected chi connectivity index (χ3v) is 5.31. The van der Waals surface area contributed by atoms with E-state index in [9.17, 15) is 14.7 Å². The number of carbonyl (C=O) groups is 2. The lowest BCUT2D eigenvalue weighted by atomic mass is 10.0. The Hall–Kier alpha value is -3.86. The van der Waals surface area contributed by atoms with E-state index in [1.165, 1.54) is 0 Å². The fourth-order valence-corrected chi connectivity index (χ4v) is 3.79. The summed E-state index contributed by atoms with van der Waals surface area (Å²) in [7, 11) is 1.56. The zero-order chi connectivity index (χ0) is 21.3. The first-order valence-corrected chi connectivity index (χ1v) is 9.59. The van der Waals surface area contributed by atoms with Crippen molar-refractivity contribution in [2.75, 3.05) is 7.11 Å². The molecule has 0 fully saturated rings. The molecule has 0 aliphatic heterocycles. The minimum atomic E-state index is -0.945. The molecule has 0 saturated carbocycles. The predicted octanol–water partition coefficient (Wildman–Crippen LogP) is 4.94. The topological polar surface area (TPSA) is 68.5 Å². The van der Waals surface area contributed by atoms with E-state index in [1.54, 1.807) is 48.9 Å². The molecule has 0 amide bonds. The van der Waals surface area contributed by atoms with E-state index in [2.05, 4.69) is 0 Å². The predicted molar refractivity (Wildman–Crippen MR) is 116 cm³/mol. The Bertz CT molecular complexity index is 1240. The van der Waals surface area contributed by atoms with Gasteiger partial charge in [-0.25, -0.2) is 0 Å². The summed E-state index contributed by atoms with van der Waals surface area (Å²) in [6, 6.07) is 22.7. The van der Waals surface area contributed by atoms with Gasteiger partial charge in [0.1, 0.15) is 5.75 Å². The third-order valence-electron chi connectivity index (χ3n) is 5.31. The summed E-state index contributed by atoms with van der Waals surface area (Å²) >= 11 is 0. The lowest BCUT2D eigenvalue weighted by Gasteiger charge is -2.09. The van der Waals surface area contributed by atoms with E-state index < -0.39 is 5.97 Å². The average molecular weight is 399 g/mol. The van der Waals surface area contributed by atoms with E-state index in [4.69, 9.17) is 4.74 Å². The summed E-state index contributed by atoms with van der Waals surface area (Å²) < 4.78 is 6.88.